The molecule has 0 aliphatic rings. The Labute approximate surface area is 126 Å². The van der Waals surface area contributed by atoms with Crippen molar-refractivity contribution >= 4 is 27.8 Å². The molecule has 0 unspecified atom stereocenters. The van der Waals surface area contributed by atoms with Crippen LogP contribution in [0.15, 0.2) is 22.7 Å². The van der Waals surface area contributed by atoms with E-state index in [9.17, 15) is 14.0 Å². The molecule has 1 aromatic rings. The van der Waals surface area contributed by atoms with Crippen LogP contribution in [0.3, 0.4) is 0 Å². The number of nitrogens with zero attached hydrogens (tertiary/aromatic N) is 1. The van der Waals surface area contributed by atoms with E-state index in [0.29, 0.717) is 13.0 Å². The quantitative estimate of drug-likeness (QED) is 0.744. The zero-order valence-electron chi connectivity index (χ0n) is 11.5. The molecule has 1 rings (SSSR count). The molecule has 0 aliphatic carbocycles. The Bertz CT molecular complexity index is 493. The van der Waals surface area contributed by atoms with Crippen molar-refractivity contribution in [1.29, 1.82) is 0 Å². The van der Waals surface area contributed by atoms with Gasteiger partial charge in [0.2, 0.25) is 0 Å². The van der Waals surface area contributed by atoms with Gasteiger partial charge in [0.1, 0.15) is 12.4 Å². The number of hydrogen-bond donors (Lipinski definition) is 0. The number of carbonyl (C=O) groups is 2. The van der Waals surface area contributed by atoms with Crippen LogP contribution in [0.1, 0.15) is 30.6 Å². The molecule has 0 spiro atoms. The first-order valence-corrected chi connectivity index (χ1v) is 7.19. The Balaban J connectivity index is 2.93. The Morgan fingerprint density at radius 1 is 1.35 bits per heavy atom. The van der Waals surface area contributed by atoms with Gasteiger partial charge < -0.3 is 9.64 Å². The maximum Gasteiger partial charge on any atom is 0.325 e. The van der Waals surface area contributed by atoms with E-state index in [0.717, 1.165) is 0 Å². The van der Waals surface area contributed by atoms with Gasteiger partial charge in [-0.2, -0.15) is 0 Å². The van der Waals surface area contributed by atoms with Crippen LogP contribution in [0, 0.1) is 5.82 Å². The van der Waals surface area contributed by atoms with E-state index < -0.39 is 17.7 Å². The second kappa shape index (κ2) is 7.99. The molecule has 110 valence electrons. The van der Waals surface area contributed by atoms with Crippen molar-refractivity contribution in [2.75, 3.05) is 19.7 Å². The Hall–Kier alpha value is -1.43. The fraction of sp³-hybridized carbons (Fsp3) is 0.429. The summed E-state index contributed by atoms with van der Waals surface area (Å²) >= 11 is 3.04. The van der Waals surface area contributed by atoms with Gasteiger partial charge in [0.25, 0.3) is 5.91 Å². The van der Waals surface area contributed by atoms with Crippen LogP contribution in [-0.4, -0.2) is 36.5 Å². The van der Waals surface area contributed by atoms with Crippen LogP contribution in [-0.2, 0) is 9.53 Å². The summed E-state index contributed by atoms with van der Waals surface area (Å²) in [6.45, 7) is 4.01. The minimum atomic E-state index is -0.623. The predicted molar refractivity (Wildman–Crippen MR) is 76.9 cm³/mol. The second-order valence-electron chi connectivity index (χ2n) is 4.13. The van der Waals surface area contributed by atoms with E-state index in [1.54, 1.807) is 13.0 Å². The summed E-state index contributed by atoms with van der Waals surface area (Å²) in [7, 11) is 0. The van der Waals surface area contributed by atoms with Crippen molar-refractivity contribution in [2.45, 2.75) is 20.3 Å². The highest BCUT2D eigenvalue weighted by Gasteiger charge is 2.22. The second-order valence-corrected chi connectivity index (χ2v) is 4.99. The number of benzene rings is 1. The lowest BCUT2D eigenvalue weighted by molar-refractivity contribution is -0.143. The van der Waals surface area contributed by atoms with Crippen molar-refractivity contribution in [2.24, 2.45) is 0 Å². The molecule has 1 aromatic carbocycles. The fourth-order valence-corrected chi connectivity index (χ4v) is 2.09. The van der Waals surface area contributed by atoms with Crippen molar-refractivity contribution in [3.63, 3.8) is 0 Å². The maximum absolute atomic E-state index is 13.9. The summed E-state index contributed by atoms with van der Waals surface area (Å²) in [5.41, 5.74) is -0.0582. The van der Waals surface area contributed by atoms with Gasteiger partial charge in [0, 0.05) is 6.54 Å². The number of carbonyl (C=O) groups excluding carboxylic acids is 2. The molecule has 0 bridgehead atoms. The Morgan fingerprint density at radius 3 is 2.65 bits per heavy atom. The molecule has 20 heavy (non-hydrogen) atoms. The molecular formula is C14H17BrFNO3. The number of halogens is 2. The van der Waals surface area contributed by atoms with E-state index in [1.807, 2.05) is 6.92 Å². The number of esters is 1. The summed E-state index contributed by atoms with van der Waals surface area (Å²) < 4.78 is 19.0. The van der Waals surface area contributed by atoms with Gasteiger partial charge in [-0.1, -0.05) is 13.0 Å². The van der Waals surface area contributed by atoms with E-state index in [2.05, 4.69) is 15.9 Å². The lowest BCUT2D eigenvalue weighted by Crippen LogP contribution is -2.37. The monoisotopic (exact) mass is 345 g/mol. The topological polar surface area (TPSA) is 46.6 Å². The molecule has 0 saturated carbocycles. The average molecular weight is 346 g/mol. The summed E-state index contributed by atoms with van der Waals surface area (Å²) in [5.74, 6) is -1.63. The standard InChI is InChI=1S/C14H17BrFNO3/c1-3-8-17(9-12(18)20-4-2)14(19)10-6-5-7-11(15)13(10)16/h5-7H,3-4,8-9H2,1-2H3. The van der Waals surface area contributed by atoms with Gasteiger partial charge in [-0.25, -0.2) is 4.39 Å². The lowest BCUT2D eigenvalue weighted by Gasteiger charge is -2.21. The molecule has 0 heterocycles. The minimum absolute atomic E-state index is 0.0582. The van der Waals surface area contributed by atoms with E-state index in [1.165, 1.54) is 17.0 Å². The first-order chi connectivity index (χ1) is 9.51. The summed E-state index contributed by atoms with van der Waals surface area (Å²) in [5, 5.41) is 0. The molecule has 0 fully saturated rings. The Kier molecular flexibility index (Phi) is 6.64. The van der Waals surface area contributed by atoms with Gasteiger partial charge in [0.15, 0.2) is 0 Å². The van der Waals surface area contributed by atoms with Crippen molar-refractivity contribution in [3.8, 4) is 0 Å². The highest BCUT2D eigenvalue weighted by Crippen LogP contribution is 2.20. The molecule has 0 radical (unpaired) electrons. The molecule has 0 aliphatic heterocycles. The van der Waals surface area contributed by atoms with Gasteiger partial charge in [-0.05, 0) is 41.4 Å². The van der Waals surface area contributed by atoms with E-state index in [-0.39, 0.29) is 23.2 Å². The smallest absolute Gasteiger partial charge is 0.325 e. The third kappa shape index (κ3) is 4.30. The van der Waals surface area contributed by atoms with Crippen molar-refractivity contribution in [1.82, 2.24) is 4.90 Å². The van der Waals surface area contributed by atoms with Crippen LogP contribution < -0.4 is 0 Å². The first-order valence-electron chi connectivity index (χ1n) is 6.40. The molecule has 0 atom stereocenters. The first kappa shape index (κ1) is 16.6. The number of amides is 1. The van der Waals surface area contributed by atoms with Crippen LogP contribution in [0.5, 0.6) is 0 Å². The highest BCUT2D eigenvalue weighted by atomic mass is 79.9. The summed E-state index contributed by atoms with van der Waals surface area (Å²) in [6, 6.07) is 4.49. The van der Waals surface area contributed by atoms with E-state index in [4.69, 9.17) is 4.74 Å². The maximum atomic E-state index is 13.9. The predicted octanol–water partition coefficient (Wildman–Crippen LogP) is 3.00. The van der Waals surface area contributed by atoms with E-state index >= 15 is 0 Å². The summed E-state index contributed by atoms with van der Waals surface area (Å²) in [4.78, 5) is 25.1. The lowest BCUT2D eigenvalue weighted by atomic mass is 10.2. The van der Waals surface area contributed by atoms with Gasteiger partial charge >= 0.3 is 5.97 Å². The third-order valence-corrected chi connectivity index (χ3v) is 3.20. The summed E-state index contributed by atoms with van der Waals surface area (Å²) in [6.07, 6.45) is 0.667. The van der Waals surface area contributed by atoms with Crippen LogP contribution in [0.4, 0.5) is 4.39 Å². The molecule has 4 nitrogen and oxygen atoms in total. The molecule has 0 aromatic heterocycles. The van der Waals surface area contributed by atoms with Gasteiger partial charge in [-0.3, -0.25) is 9.59 Å². The average Bonchev–Trinajstić information content (AvgIpc) is 2.41. The molecule has 0 N–H and O–H groups in total. The van der Waals surface area contributed by atoms with Crippen molar-refractivity contribution < 1.29 is 18.7 Å². The molecule has 1 amide bonds. The number of ether oxygens (including phenoxy) is 1. The third-order valence-electron chi connectivity index (χ3n) is 2.59. The van der Waals surface area contributed by atoms with Crippen LogP contribution in [0.2, 0.25) is 0 Å². The van der Waals surface area contributed by atoms with Crippen LogP contribution >= 0.6 is 15.9 Å². The van der Waals surface area contributed by atoms with Gasteiger partial charge in [0.05, 0.1) is 16.6 Å². The molecule has 6 heteroatoms. The molecular weight excluding hydrogens is 329 g/mol. The SMILES string of the molecule is CCCN(CC(=O)OCC)C(=O)c1cccc(Br)c1F. The minimum Gasteiger partial charge on any atom is -0.465 e. The Morgan fingerprint density at radius 2 is 2.05 bits per heavy atom. The zero-order chi connectivity index (χ0) is 15.1. The van der Waals surface area contributed by atoms with Gasteiger partial charge in [-0.15, -0.1) is 0 Å². The largest absolute Gasteiger partial charge is 0.465 e. The highest BCUT2D eigenvalue weighted by molar-refractivity contribution is 9.10. The van der Waals surface area contributed by atoms with Crippen molar-refractivity contribution in [3.05, 3.63) is 34.1 Å². The fourth-order valence-electron chi connectivity index (χ4n) is 1.72. The molecule has 0 saturated heterocycles. The van der Waals surface area contributed by atoms with Crippen LogP contribution in [0.25, 0.3) is 0 Å². The number of rotatable bonds is 6. The number of hydrogen-bond acceptors (Lipinski definition) is 3. The normalized spacial score (nSPS) is 10.2. The zero-order valence-corrected chi connectivity index (χ0v) is 13.1.